The number of hydrogen-bond acceptors (Lipinski definition) is 3. The number of rotatable bonds is 7. The van der Waals surface area contributed by atoms with Crippen LogP contribution in [0.3, 0.4) is 0 Å². The topological polar surface area (TPSA) is 89.3 Å². The van der Waals surface area contributed by atoms with E-state index in [9.17, 15) is 13.2 Å². The second kappa shape index (κ2) is 8.08. The van der Waals surface area contributed by atoms with Gasteiger partial charge in [-0.3, -0.25) is 4.79 Å². The molecule has 5 nitrogen and oxygen atoms in total. The molecule has 1 amide bonds. The van der Waals surface area contributed by atoms with E-state index in [1.165, 1.54) is 18.2 Å². The summed E-state index contributed by atoms with van der Waals surface area (Å²) >= 11 is 3.26. The number of halogens is 1. The van der Waals surface area contributed by atoms with Crippen molar-refractivity contribution in [2.45, 2.75) is 51.0 Å². The van der Waals surface area contributed by atoms with Crippen LogP contribution in [0.15, 0.2) is 27.6 Å². The first-order chi connectivity index (χ1) is 10.1. The molecule has 1 atom stereocenters. The summed E-state index contributed by atoms with van der Waals surface area (Å²) in [6.07, 6.45) is 3.04. The molecular weight excluding hydrogens is 368 g/mol. The van der Waals surface area contributed by atoms with Gasteiger partial charge in [0.1, 0.15) is 0 Å². The SMILES string of the molecule is CC(C)CCC[C@@H](C)NC(=O)c1cc(S(N)(=O)=O)ccc1Br. The fourth-order valence-corrected chi connectivity index (χ4v) is 3.03. The average molecular weight is 391 g/mol. The van der Waals surface area contributed by atoms with Gasteiger partial charge in [-0.1, -0.05) is 26.7 Å². The van der Waals surface area contributed by atoms with E-state index in [1.807, 2.05) is 6.92 Å². The number of nitrogens with one attached hydrogen (secondary N) is 1. The molecule has 0 bridgehead atoms. The lowest BCUT2D eigenvalue weighted by atomic mass is 10.0. The normalized spacial score (nSPS) is 13.2. The van der Waals surface area contributed by atoms with Gasteiger partial charge < -0.3 is 5.32 Å². The van der Waals surface area contributed by atoms with Crippen molar-refractivity contribution >= 4 is 31.9 Å². The van der Waals surface area contributed by atoms with Crippen LogP contribution in [0, 0.1) is 5.92 Å². The fraction of sp³-hybridized carbons (Fsp3) is 0.533. The third-order valence-electron chi connectivity index (χ3n) is 3.31. The number of carbonyl (C=O) groups is 1. The van der Waals surface area contributed by atoms with E-state index >= 15 is 0 Å². The summed E-state index contributed by atoms with van der Waals surface area (Å²) in [6, 6.07) is 4.19. The predicted molar refractivity (Wildman–Crippen MR) is 91.1 cm³/mol. The quantitative estimate of drug-likeness (QED) is 0.749. The monoisotopic (exact) mass is 390 g/mol. The van der Waals surface area contributed by atoms with Gasteiger partial charge in [-0.05, 0) is 53.4 Å². The lowest BCUT2D eigenvalue weighted by molar-refractivity contribution is 0.0937. The Labute approximate surface area is 140 Å². The zero-order chi connectivity index (χ0) is 16.9. The first-order valence-corrected chi connectivity index (χ1v) is 9.58. The summed E-state index contributed by atoms with van der Waals surface area (Å²) in [5.74, 6) is 0.331. The third kappa shape index (κ3) is 6.06. The van der Waals surface area contributed by atoms with E-state index in [4.69, 9.17) is 5.14 Å². The summed E-state index contributed by atoms with van der Waals surface area (Å²) in [5, 5.41) is 7.98. The van der Waals surface area contributed by atoms with Crippen LogP contribution in [0.5, 0.6) is 0 Å². The molecule has 0 heterocycles. The zero-order valence-electron chi connectivity index (χ0n) is 13.1. The first-order valence-electron chi connectivity index (χ1n) is 7.24. The van der Waals surface area contributed by atoms with Crippen LogP contribution in [0.2, 0.25) is 0 Å². The highest BCUT2D eigenvalue weighted by Gasteiger charge is 2.17. The molecule has 0 aliphatic rings. The van der Waals surface area contributed by atoms with Gasteiger partial charge in [-0.15, -0.1) is 0 Å². The summed E-state index contributed by atoms with van der Waals surface area (Å²) in [6.45, 7) is 6.27. The van der Waals surface area contributed by atoms with E-state index in [1.54, 1.807) is 0 Å². The van der Waals surface area contributed by atoms with Crippen LogP contribution in [0.1, 0.15) is 50.4 Å². The Morgan fingerprint density at radius 1 is 1.27 bits per heavy atom. The lowest BCUT2D eigenvalue weighted by Gasteiger charge is -2.15. The fourth-order valence-electron chi connectivity index (χ4n) is 2.06. The molecule has 0 aromatic heterocycles. The molecule has 7 heteroatoms. The Balaban J connectivity index is 2.77. The molecule has 124 valence electrons. The van der Waals surface area contributed by atoms with Crippen LogP contribution in [0.4, 0.5) is 0 Å². The zero-order valence-corrected chi connectivity index (χ0v) is 15.5. The third-order valence-corrected chi connectivity index (χ3v) is 4.91. The maximum absolute atomic E-state index is 12.3. The van der Waals surface area contributed by atoms with Crippen molar-refractivity contribution in [2.24, 2.45) is 11.1 Å². The second-order valence-electron chi connectivity index (χ2n) is 5.89. The highest BCUT2D eigenvalue weighted by molar-refractivity contribution is 9.10. The molecule has 0 radical (unpaired) electrons. The average Bonchev–Trinajstić information content (AvgIpc) is 2.37. The maximum atomic E-state index is 12.3. The first kappa shape index (κ1) is 19.1. The van der Waals surface area contributed by atoms with Gasteiger partial charge in [-0.2, -0.15) is 0 Å². The molecule has 0 saturated carbocycles. The van der Waals surface area contributed by atoms with Gasteiger partial charge >= 0.3 is 0 Å². The minimum atomic E-state index is -3.83. The molecule has 0 aliphatic heterocycles. The highest BCUT2D eigenvalue weighted by atomic mass is 79.9. The lowest BCUT2D eigenvalue weighted by Crippen LogP contribution is -2.33. The minimum Gasteiger partial charge on any atom is -0.350 e. The molecule has 0 saturated heterocycles. The van der Waals surface area contributed by atoms with Crippen LogP contribution in [-0.2, 0) is 10.0 Å². The van der Waals surface area contributed by atoms with E-state index < -0.39 is 10.0 Å². The number of nitrogens with two attached hydrogens (primary N) is 1. The predicted octanol–water partition coefficient (Wildman–Crippen LogP) is 3.04. The Bertz CT molecular complexity index is 630. The Morgan fingerprint density at radius 3 is 2.45 bits per heavy atom. The summed E-state index contributed by atoms with van der Waals surface area (Å²) < 4.78 is 23.3. The Kier molecular flexibility index (Phi) is 7.02. The smallest absolute Gasteiger partial charge is 0.252 e. The van der Waals surface area contributed by atoms with E-state index in [0.29, 0.717) is 10.4 Å². The van der Waals surface area contributed by atoms with Gasteiger partial charge in [-0.25, -0.2) is 13.6 Å². The molecule has 3 N–H and O–H groups in total. The van der Waals surface area contributed by atoms with Crippen LogP contribution in [0.25, 0.3) is 0 Å². The van der Waals surface area contributed by atoms with Crippen molar-refractivity contribution in [1.82, 2.24) is 5.32 Å². The molecule has 0 aliphatic carbocycles. The maximum Gasteiger partial charge on any atom is 0.252 e. The van der Waals surface area contributed by atoms with Crippen LogP contribution < -0.4 is 10.5 Å². The summed E-state index contributed by atoms with van der Waals surface area (Å²) in [4.78, 5) is 12.2. The molecule has 1 aromatic carbocycles. The van der Waals surface area contributed by atoms with Crippen molar-refractivity contribution in [3.05, 3.63) is 28.2 Å². The van der Waals surface area contributed by atoms with E-state index in [-0.39, 0.29) is 22.4 Å². The van der Waals surface area contributed by atoms with Gasteiger partial charge in [0, 0.05) is 10.5 Å². The van der Waals surface area contributed by atoms with Gasteiger partial charge in [0.15, 0.2) is 0 Å². The number of sulfonamides is 1. The number of hydrogen-bond donors (Lipinski definition) is 2. The molecule has 1 rings (SSSR count). The number of amides is 1. The second-order valence-corrected chi connectivity index (χ2v) is 8.30. The number of carbonyl (C=O) groups excluding carboxylic acids is 1. The molecule has 22 heavy (non-hydrogen) atoms. The number of benzene rings is 1. The van der Waals surface area contributed by atoms with Crippen LogP contribution in [-0.4, -0.2) is 20.4 Å². The molecule has 0 spiro atoms. The molecule has 0 unspecified atom stereocenters. The van der Waals surface area contributed by atoms with Crippen molar-refractivity contribution in [1.29, 1.82) is 0 Å². The van der Waals surface area contributed by atoms with Crippen LogP contribution >= 0.6 is 15.9 Å². The van der Waals surface area contributed by atoms with Gasteiger partial charge in [0.05, 0.1) is 10.5 Å². The van der Waals surface area contributed by atoms with Crippen molar-refractivity contribution in [3.63, 3.8) is 0 Å². The van der Waals surface area contributed by atoms with Crippen molar-refractivity contribution in [2.75, 3.05) is 0 Å². The van der Waals surface area contributed by atoms with E-state index in [0.717, 1.165) is 19.3 Å². The summed E-state index contributed by atoms with van der Waals surface area (Å²) in [7, 11) is -3.83. The molecule has 0 fully saturated rings. The van der Waals surface area contributed by atoms with Gasteiger partial charge in [0.2, 0.25) is 10.0 Å². The standard InChI is InChI=1S/C15H23BrN2O3S/c1-10(2)5-4-6-11(3)18-15(19)13-9-12(22(17,20)21)7-8-14(13)16/h7-11H,4-6H2,1-3H3,(H,18,19)(H2,17,20,21)/t11-/m1/s1. The van der Waals surface area contributed by atoms with E-state index in [2.05, 4.69) is 35.1 Å². The van der Waals surface area contributed by atoms with Crippen molar-refractivity contribution in [3.8, 4) is 0 Å². The molecule has 1 aromatic rings. The highest BCUT2D eigenvalue weighted by Crippen LogP contribution is 2.21. The Hall–Kier alpha value is -0.920. The molecular formula is C15H23BrN2O3S. The summed E-state index contributed by atoms with van der Waals surface area (Å²) in [5.41, 5.74) is 0.266. The minimum absolute atomic E-state index is 0.0243. The Morgan fingerprint density at radius 2 is 1.91 bits per heavy atom. The number of primary sulfonamides is 1. The van der Waals surface area contributed by atoms with Gasteiger partial charge in [0.25, 0.3) is 5.91 Å². The largest absolute Gasteiger partial charge is 0.350 e. The van der Waals surface area contributed by atoms with Crippen molar-refractivity contribution < 1.29 is 13.2 Å².